The summed E-state index contributed by atoms with van der Waals surface area (Å²) in [5, 5.41) is 16.7. The second-order valence-electron chi connectivity index (χ2n) is 4.79. The Hall–Kier alpha value is -3.68. The summed E-state index contributed by atoms with van der Waals surface area (Å²) in [6, 6.07) is 12.1. The van der Waals surface area contributed by atoms with Crippen molar-refractivity contribution in [2.75, 3.05) is 12.4 Å². The van der Waals surface area contributed by atoms with Gasteiger partial charge >= 0.3 is 11.8 Å². The lowest BCUT2D eigenvalue weighted by Gasteiger charge is -2.05. The van der Waals surface area contributed by atoms with Gasteiger partial charge in [-0.1, -0.05) is 24.3 Å². The molecule has 2 amide bonds. The molecule has 8 nitrogen and oxygen atoms in total. The molecule has 0 fully saturated rings. The quantitative estimate of drug-likeness (QED) is 0.456. The number of anilines is 1. The normalized spacial score (nSPS) is 10.3. The van der Waals surface area contributed by atoms with Gasteiger partial charge in [-0.05, 0) is 35.4 Å². The van der Waals surface area contributed by atoms with Gasteiger partial charge in [0.25, 0.3) is 0 Å². The Morgan fingerprint density at radius 3 is 2.20 bits per heavy atom. The lowest BCUT2D eigenvalue weighted by Crippen LogP contribution is -2.32. The molecule has 0 aliphatic carbocycles. The van der Waals surface area contributed by atoms with Crippen molar-refractivity contribution in [2.24, 2.45) is 5.10 Å². The summed E-state index contributed by atoms with van der Waals surface area (Å²) in [4.78, 5) is 34.0. The number of carboxylic acids is 1. The summed E-state index contributed by atoms with van der Waals surface area (Å²) in [5.74, 6) is -2.49. The molecule has 0 aromatic heterocycles. The lowest BCUT2D eigenvalue weighted by molar-refractivity contribution is -0.255. The van der Waals surface area contributed by atoms with Crippen LogP contribution in [0.4, 0.5) is 5.69 Å². The maximum atomic E-state index is 11.7. The first-order valence-corrected chi connectivity index (χ1v) is 7.09. The van der Waals surface area contributed by atoms with Gasteiger partial charge in [0, 0.05) is 5.69 Å². The van der Waals surface area contributed by atoms with Gasteiger partial charge < -0.3 is 20.0 Å². The number of rotatable bonds is 5. The van der Waals surface area contributed by atoms with E-state index in [0.29, 0.717) is 17.0 Å². The third-order valence-electron chi connectivity index (χ3n) is 3.08. The zero-order chi connectivity index (χ0) is 18.2. The Kier molecular flexibility index (Phi) is 5.83. The Bertz CT molecular complexity index is 798. The lowest BCUT2D eigenvalue weighted by atomic mass is 10.1. The molecule has 0 bridgehead atoms. The van der Waals surface area contributed by atoms with Crippen LogP contribution in [0.1, 0.15) is 15.9 Å². The van der Waals surface area contributed by atoms with Crippen LogP contribution in [0.25, 0.3) is 0 Å². The van der Waals surface area contributed by atoms with Crippen LogP contribution in [0.3, 0.4) is 0 Å². The molecule has 0 atom stereocenters. The smallest absolute Gasteiger partial charge is 0.329 e. The maximum Gasteiger partial charge on any atom is 0.329 e. The van der Waals surface area contributed by atoms with Crippen molar-refractivity contribution >= 4 is 29.7 Å². The zero-order valence-electron chi connectivity index (χ0n) is 13.2. The van der Waals surface area contributed by atoms with Crippen LogP contribution in [0.5, 0.6) is 5.75 Å². The largest absolute Gasteiger partial charge is 0.545 e. The molecule has 25 heavy (non-hydrogen) atoms. The monoisotopic (exact) mass is 340 g/mol. The molecule has 8 heteroatoms. The molecule has 2 aromatic rings. The molecular weight excluding hydrogens is 326 g/mol. The van der Waals surface area contributed by atoms with Crippen molar-refractivity contribution < 1.29 is 24.2 Å². The van der Waals surface area contributed by atoms with Crippen LogP contribution >= 0.6 is 0 Å². The fraction of sp³-hybridized carbons (Fsp3) is 0.0588. The molecule has 0 spiro atoms. The average Bonchev–Trinajstić information content (AvgIpc) is 2.62. The molecule has 2 aromatic carbocycles. The number of hydrazone groups is 1. The van der Waals surface area contributed by atoms with E-state index in [1.807, 2.05) is 0 Å². The van der Waals surface area contributed by atoms with Gasteiger partial charge in [0.05, 0.1) is 19.3 Å². The standard InChI is InChI=1S/C17H15N3O5/c1-25-14-8-6-13(7-9-14)19-15(21)16(22)20-18-10-11-2-4-12(5-3-11)17(23)24/h2-10H,1H3,(H,19,21)(H,20,22)(H,23,24)/p-1. The molecule has 0 aliphatic rings. The first-order chi connectivity index (χ1) is 12.0. The van der Waals surface area contributed by atoms with Crippen molar-refractivity contribution in [2.45, 2.75) is 0 Å². The summed E-state index contributed by atoms with van der Waals surface area (Å²) in [5.41, 5.74) is 3.08. The van der Waals surface area contributed by atoms with E-state index in [0.717, 1.165) is 0 Å². The van der Waals surface area contributed by atoms with Gasteiger partial charge in [-0.25, -0.2) is 5.43 Å². The predicted octanol–water partition coefficient (Wildman–Crippen LogP) is 0.147. The van der Waals surface area contributed by atoms with E-state index in [2.05, 4.69) is 15.8 Å². The second kappa shape index (κ2) is 8.25. The minimum atomic E-state index is -1.29. The number of nitrogens with zero attached hydrogens (tertiary/aromatic N) is 1. The van der Waals surface area contributed by atoms with Gasteiger partial charge in [-0.2, -0.15) is 5.10 Å². The maximum absolute atomic E-state index is 11.7. The summed E-state index contributed by atoms with van der Waals surface area (Å²) in [7, 11) is 1.52. The number of nitrogens with one attached hydrogen (secondary N) is 2. The van der Waals surface area contributed by atoms with Gasteiger partial charge in [0.1, 0.15) is 5.75 Å². The van der Waals surface area contributed by atoms with E-state index in [1.54, 1.807) is 24.3 Å². The highest BCUT2D eigenvalue weighted by atomic mass is 16.5. The topological polar surface area (TPSA) is 120 Å². The minimum Gasteiger partial charge on any atom is -0.545 e. The fourth-order valence-corrected chi connectivity index (χ4v) is 1.78. The molecule has 0 radical (unpaired) electrons. The second-order valence-corrected chi connectivity index (χ2v) is 4.79. The Balaban J connectivity index is 1.87. The number of carboxylic acid groups (broad SMARTS) is 1. The van der Waals surface area contributed by atoms with E-state index in [4.69, 9.17) is 4.74 Å². The highest BCUT2D eigenvalue weighted by Gasteiger charge is 2.12. The van der Waals surface area contributed by atoms with E-state index < -0.39 is 17.8 Å². The molecule has 0 heterocycles. The summed E-state index contributed by atoms with van der Waals surface area (Å²) in [6.45, 7) is 0. The zero-order valence-corrected chi connectivity index (χ0v) is 13.2. The molecule has 0 aliphatic heterocycles. The van der Waals surface area contributed by atoms with E-state index >= 15 is 0 Å². The highest BCUT2D eigenvalue weighted by molar-refractivity contribution is 6.39. The number of aromatic carboxylic acids is 1. The van der Waals surface area contributed by atoms with E-state index in [9.17, 15) is 19.5 Å². The van der Waals surface area contributed by atoms with Crippen LogP contribution in [0, 0.1) is 0 Å². The fourth-order valence-electron chi connectivity index (χ4n) is 1.78. The van der Waals surface area contributed by atoms with Gasteiger partial charge in [-0.15, -0.1) is 0 Å². The third kappa shape index (κ3) is 5.17. The Labute approximate surface area is 143 Å². The number of ether oxygens (including phenoxy) is 1. The van der Waals surface area contributed by atoms with E-state index in [1.165, 1.54) is 37.6 Å². The van der Waals surface area contributed by atoms with Crippen molar-refractivity contribution in [3.63, 3.8) is 0 Å². The number of benzene rings is 2. The summed E-state index contributed by atoms with van der Waals surface area (Å²) >= 11 is 0. The van der Waals surface area contributed by atoms with Crippen LogP contribution in [-0.2, 0) is 9.59 Å². The first-order valence-electron chi connectivity index (χ1n) is 7.09. The molecule has 0 saturated carbocycles. The average molecular weight is 340 g/mol. The van der Waals surface area contributed by atoms with E-state index in [-0.39, 0.29) is 5.56 Å². The molecule has 0 saturated heterocycles. The number of carbonyl (C=O) groups excluding carboxylic acids is 3. The van der Waals surface area contributed by atoms with Crippen LogP contribution in [0.2, 0.25) is 0 Å². The number of carbonyl (C=O) groups is 3. The van der Waals surface area contributed by atoms with Crippen molar-refractivity contribution in [3.05, 3.63) is 59.7 Å². The van der Waals surface area contributed by atoms with Crippen molar-refractivity contribution in [1.82, 2.24) is 5.43 Å². The molecule has 2 N–H and O–H groups in total. The van der Waals surface area contributed by atoms with Gasteiger partial charge in [0.2, 0.25) is 0 Å². The van der Waals surface area contributed by atoms with Crippen LogP contribution in [0.15, 0.2) is 53.6 Å². The first kappa shape index (κ1) is 17.7. The van der Waals surface area contributed by atoms with Gasteiger partial charge in [-0.3, -0.25) is 9.59 Å². The van der Waals surface area contributed by atoms with Crippen molar-refractivity contribution in [1.29, 1.82) is 0 Å². The molecule has 0 unspecified atom stereocenters. The Morgan fingerprint density at radius 1 is 1.00 bits per heavy atom. The van der Waals surface area contributed by atoms with Gasteiger partial charge in [0.15, 0.2) is 0 Å². The van der Waals surface area contributed by atoms with Crippen LogP contribution < -0.4 is 20.6 Å². The highest BCUT2D eigenvalue weighted by Crippen LogP contribution is 2.14. The number of hydrogen-bond donors (Lipinski definition) is 2. The predicted molar refractivity (Wildman–Crippen MR) is 88.1 cm³/mol. The molecule has 2 rings (SSSR count). The van der Waals surface area contributed by atoms with Crippen molar-refractivity contribution in [3.8, 4) is 5.75 Å². The number of hydrogen-bond acceptors (Lipinski definition) is 6. The summed E-state index contributed by atoms with van der Waals surface area (Å²) in [6.07, 6.45) is 1.28. The van der Waals surface area contributed by atoms with Crippen LogP contribution in [-0.4, -0.2) is 31.1 Å². The SMILES string of the molecule is COc1ccc(NC(=O)C(=O)NN=Cc2ccc(C(=O)[O-])cc2)cc1. The number of methoxy groups -OCH3 is 1. The summed E-state index contributed by atoms with van der Waals surface area (Å²) < 4.78 is 4.99. The third-order valence-corrected chi connectivity index (χ3v) is 3.08. The molecule has 128 valence electrons. The minimum absolute atomic E-state index is 0.0278. The number of amides is 2. The Morgan fingerprint density at radius 2 is 1.64 bits per heavy atom. The molecular formula is C17H14N3O5-.